The zero-order valence-corrected chi connectivity index (χ0v) is 15.5. The van der Waals surface area contributed by atoms with Crippen molar-refractivity contribution >= 4 is 26.6 Å². The van der Waals surface area contributed by atoms with Crippen LogP contribution in [0.2, 0.25) is 0 Å². The largest absolute Gasteiger partial charge is 0.381 e. The van der Waals surface area contributed by atoms with E-state index >= 15 is 0 Å². The Morgan fingerprint density at radius 3 is 2.68 bits per heavy atom. The summed E-state index contributed by atoms with van der Waals surface area (Å²) in [6.07, 6.45) is 5.38. The summed E-state index contributed by atoms with van der Waals surface area (Å²) in [5.74, 6) is 0. The first-order valence-electron chi connectivity index (χ1n) is 8.62. The van der Waals surface area contributed by atoms with Crippen LogP contribution >= 0.6 is 0 Å². The molecule has 3 rings (SSSR count). The van der Waals surface area contributed by atoms with Crippen LogP contribution in [0.5, 0.6) is 0 Å². The smallest absolute Gasteiger partial charge is 0.216 e. The van der Waals surface area contributed by atoms with E-state index in [4.69, 9.17) is 0 Å². The van der Waals surface area contributed by atoms with Crippen LogP contribution in [-0.4, -0.2) is 72.1 Å². The van der Waals surface area contributed by atoms with Crippen molar-refractivity contribution in [1.29, 1.82) is 0 Å². The molecule has 7 nitrogen and oxygen atoms in total. The van der Waals surface area contributed by atoms with E-state index in [1.807, 2.05) is 18.3 Å². The maximum absolute atomic E-state index is 12.2. The highest BCUT2D eigenvalue weighted by Gasteiger charge is 2.28. The molecule has 0 spiro atoms. The van der Waals surface area contributed by atoms with Crippen LogP contribution in [0.15, 0.2) is 30.7 Å². The second-order valence-corrected chi connectivity index (χ2v) is 9.01. The summed E-state index contributed by atoms with van der Waals surface area (Å²) < 4.78 is 26.0. The van der Waals surface area contributed by atoms with Crippen LogP contribution in [0.1, 0.15) is 13.8 Å². The number of nitrogens with one attached hydrogen (secondary N) is 1. The highest BCUT2D eigenvalue weighted by Crippen LogP contribution is 2.18. The van der Waals surface area contributed by atoms with Gasteiger partial charge in [-0.15, -0.1) is 0 Å². The quantitative estimate of drug-likeness (QED) is 0.836. The number of fused-ring (bicyclic) bond motifs is 1. The molecule has 1 saturated heterocycles. The van der Waals surface area contributed by atoms with Crippen LogP contribution in [0, 0.1) is 0 Å². The third-order valence-electron chi connectivity index (χ3n) is 4.54. The molecular formula is C17H25N5O2S. The lowest BCUT2D eigenvalue weighted by molar-refractivity contribution is 0.193. The van der Waals surface area contributed by atoms with Crippen molar-refractivity contribution in [3.8, 4) is 0 Å². The number of anilines is 1. The summed E-state index contributed by atoms with van der Waals surface area (Å²) in [6, 6.07) is 3.90. The van der Waals surface area contributed by atoms with Gasteiger partial charge in [0.1, 0.15) is 0 Å². The Bertz CT molecular complexity index is 811. The molecule has 0 amide bonds. The summed E-state index contributed by atoms with van der Waals surface area (Å²) >= 11 is 0. The number of hydrogen-bond acceptors (Lipinski definition) is 6. The SMILES string of the molecule is CC(C)S(=O)(=O)N1CCN(CCNc2cncc3cccnc23)CC1. The van der Waals surface area contributed by atoms with E-state index in [9.17, 15) is 8.42 Å². The van der Waals surface area contributed by atoms with Crippen molar-refractivity contribution in [2.75, 3.05) is 44.6 Å². The van der Waals surface area contributed by atoms with E-state index in [0.717, 1.165) is 42.8 Å². The summed E-state index contributed by atoms with van der Waals surface area (Å²) in [5.41, 5.74) is 1.85. The first-order valence-corrected chi connectivity index (χ1v) is 10.1. The lowest BCUT2D eigenvalue weighted by Gasteiger charge is -2.34. The first kappa shape index (κ1) is 18.0. The second-order valence-electron chi connectivity index (χ2n) is 6.52. The van der Waals surface area contributed by atoms with E-state index in [0.29, 0.717) is 13.1 Å². The maximum atomic E-state index is 12.2. The van der Waals surface area contributed by atoms with E-state index in [2.05, 4.69) is 20.2 Å². The molecule has 0 aromatic carbocycles. The van der Waals surface area contributed by atoms with Gasteiger partial charge in [0.15, 0.2) is 0 Å². The maximum Gasteiger partial charge on any atom is 0.216 e. The van der Waals surface area contributed by atoms with Crippen molar-refractivity contribution in [1.82, 2.24) is 19.2 Å². The molecular weight excluding hydrogens is 338 g/mol. The van der Waals surface area contributed by atoms with Gasteiger partial charge in [-0.05, 0) is 26.0 Å². The topological polar surface area (TPSA) is 78.4 Å². The van der Waals surface area contributed by atoms with Crippen LogP contribution in [0.4, 0.5) is 5.69 Å². The summed E-state index contributed by atoms with van der Waals surface area (Å²) in [4.78, 5) is 10.9. The van der Waals surface area contributed by atoms with Crippen LogP contribution in [-0.2, 0) is 10.0 Å². The minimum Gasteiger partial charge on any atom is -0.381 e. The van der Waals surface area contributed by atoms with Crippen molar-refractivity contribution < 1.29 is 8.42 Å². The molecule has 1 aliphatic rings. The summed E-state index contributed by atoms with van der Waals surface area (Å²) in [6.45, 7) is 7.76. The van der Waals surface area contributed by atoms with Gasteiger partial charge in [0.2, 0.25) is 10.0 Å². The van der Waals surface area contributed by atoms with Gasteiger partial charge in [-0.3, -0.25) is 14.9 Å². The average molecular weight is 363 g/mol. The number of hydrogen-bond donors (Lipinski definition) is 1. The Balaban J connectivity index is 1.51. The van der Waals surface area contributed by atoms with Crippen LogP contribution in [0.3, 0.4) is 0 Å². The highest BCUT2D eigenvalue weighted by molar-refractivity contribution is 7.89. The Labute approximate surface area is 149 Å². The molecule has 1 fully saturated rings. The zero-order chi connectivity index (χ0) is 17.9. The van der Waals surface area contributed by atoms with Crippen molar-refractivity contribution in [3.63, 3.8) is 0 Å². The monoisotopic (exact) mass is 363 g/mol. The van der Waals surface area contributed by atoms with E-state index in [1.165, 1.54) is 0 Å². The Hall–Kier alpha value is -1.77. The van der Waals surface area contributed by atoms with E-state index < -0.39 is 10.0 Å². The van der Waals surface area contributed by atoms with Crippen molar-refractivity contribution in [2.24, 2.45) is 0 Å². The van der Waals surface area contributed by atoms with E-state index in [1.54, 1.807) is 30.5 Å². The number of piperazine rings is 1. The normalized spacial score (nSPS) is 17.2. The summed E-state index contributed by atoms with van der Waals surface area (Å²) in [5, 5.41) is 4.06. The predicted molar refractivity (Wildman–Crippen MR) is 100 cm³/mol. The third kappa shape index (κ3) is 4.08. The standard InChI is InChI=1S/C17H25N5O2S/c1-14(2)25(23,24)22-10-8-21(9-11-22)7-6-19-16-13-18-12-15-4-3-5-20-17(15)16/h3-5,12-14,19H,6-11H2,1-2H3. The van der Waals surface area contributed by atoms with Crippen LogP contribution < -0.4 is 5.32 Å². The van der Waals surface area contributed by atoms with Gasteiger partial charge < -0.3 is 5.32 Å². The van der Waals surface area contributed by atoms with Gasteiger partial charge in [-0.25, -0.2) is 8.42 Å². The van der Waals surface area contributed by atoms with Gasteiger partial charge in [-0.2, -0.15) is 4.31 Å². The number of pyridine rings is 2. The third-order valence-corrected chi connectivity index (χ3v) is 6.82. The molecule has 0 radical (unpaired) electrons. The molecule has 2 aromatic rings. The van der Waals surface area contributed by atoms with Gasteiger partial charge in [0.25, 0.3) is 0 Å². The van der Waals surface area contributed by atoms with Gasteiger partial charge in [-0.1, -0.05) is 0 Å². The lowest BCUT2D eigenvalue weighted by atomic mass is 10.2. The molecule has 0 bridgehead atoms. The molecule has 0 aliphatic carbocycles. The summed E-state index contributed by atoms with van der Waals surface area (Å²) in [7, 11) is -3.14. The molecule has 0 unspecified atom stereocenters. The van der Waals surface area contributed by atoms with E-state index in [-0.39, 0.29) is 5.25 Å². The van der Waals surface area contributed by atoms with Crippen LogP contribution in [0.25, 0.3) is 10.9 Å². The fourth-order valence-electron chi connectivity index (χ4n) is 2.98. The Kier molecular flexibility index (Phi) is 5.51. The molecule has 0 saturated carbocycles. The van der Waals surface area contributed by atoms with Gasteiger partial charge in [0.05, 0.1) is 22.7 Å². The molecule has 1 aliphatic heterocycles. The molecule has 3 heterocycles. The minimum absolute atomic E-state index is 0.355. The highest BCUT2D eigenvalue weighted by atomic mass is 32.2. The molecule has 136 valence electrons. The fourth-order valence-corrected chi connectivity index (χ4v) is 4.25. The lowest BCUT2D eigenvalue weighted by Crippen LogP contribution is -2.51. The number of aromatic nitrogens is 2. The second kappa shape index (κ2) is 7.63. The Morgan fingerprint density at radius 2 is 1.96 bits per heavy atom. The number of sulfonamides is 1. The number of rotatable bonds is 6. The average Bonchev–Trinajstić information content (AvgIpc) is 2.62. The van der Waals surface area contributed by atoms with Gasteiger partial charge in [0, 0.05) is 57.0 Å². The molecule has 0 atom stereocenters. The molecule has 8 heteroatoms. The van der Waals surface area contributed by atoms with Crippen molar-refractivity contribution in [3.05, 3.63) is 30.7 Å². The van der Waals surface area contributed by atoms with Gasteiger partial charge >= 0.3 is 0 Å². The van der Waals surface area contributed by atoms with Crippen molar-refractivity contribution in [2.45, 2.75) is 19.1 Å². The minimum atomic E-state index is -3.14. The fraction of sp³-hybridized carbons (Fsp3) is 0.529. The molecule has 2 aromatic heterocycles. The first-order chi connectivity index (χ1) is 12.0. The predicted octanol–water partition coefficient (Wildman–Crippen LogP) is 1.40. The number of nitrogens with zero attached hydrogens (tertiary/aromatic N) is 4. The Morgan fingerprint density at radius 1 is 1.20 bits per heavy atom. The zero-order valence-electron chi connectivity index (χ0n) is 14.7. The molecule has 1 N–H and O–H groups in total. The molecule has 25 heavy (non-hydrogen) atoms.